The third-order valence-corrected chi connectivity index (χ3v) is 3.67. The molecule has 1 aliphatic rings. The molecule has 1 fully saturated rings. The van der Waals surface area contributed by atoms with Crippen molar-refractivity contribution in [3.63, 3.8) is 0 Å². The van der Waals surface area contributed by atoms with E-state index in [4.69, 9.17) is 10.5 Å². The highest BCUT2D eigenvalue weighted by molar-refractivity contribution is 5.78. The maximum absolute atomic E-state index is 11.8. The fourth-order valence-electron chi connectivity index (χ4n) is 2.50. The third kappa shape index (κ3) is 3.97. The van der Waals surface area contributed by atoms with E-state index in [0.29, 0.717) is 18.9 Å². The summed E-state index contributed by atoms with van der Waals surface area (Å²) in [6.45, 7) is 5.01. The zero-order valence-electron chi connectivity index (χ0n) is 12.2. The first-order chi connectivity index (χ1) is 9.72. The summed E-state index contributed by atoms with van der Waals surface area (Å²) in [6.07, 6.45) is 2.48. The van der Waals surface area contributed by atoms with E-state index in [1.807, 2.05) is 17.0 Å². The van der Waals surface area contributed by atoms with Crippen LogP contribution in [-0.2, 0) is 11.2 Å². The van der Waals surface area contributed by atoms with E-state index >= 15 is 0 Å². The molecule has 1 saturated heterocycles. The Bertz CT molecular complexity index is 448. The van der Waals surface area contributed by atoms with E-state index < -0.39 is 0 Å². The number of likely N-dealkylation sites (tertiary alicyclic amines) is 1. The van der Waals surface area contributed by atoms with Crippen molar-refractivity contribution in [2.24, 2.45) is 11.7 Å². The van der Waals surface area contributed by atoms with Crippen molar-refractivity contribution >= 4 is 5.91 Å². The van der Waals surface area contributed by atoms with Crippen molar-refractivity contribution < 1.29 is 9.53 Å². The molecule has 0 aromatic heterocycles. The van der Waals surface area contributed by atoms with Crippen LogP contribution in [0.5, 0.6) is 5.75 Å². The molecule has 4 heteroatoms. The highest BCUT2D eigenvalue weighted by Gasteiger charge is 2.27. The zero-order chi connectivity index (χ0) is 14.4. The monoisotopic (exact) mass is 276 g/mol. The van der Waals surface area contributed by atoms with Gasteiger partial charge in [0.15, 0.2) is 0 Å². The SMILES string of the molecule is CCCOc1cccc(CCN2CC(CN)CC2=O)c1. The van der Waals surface area contributed by atoms with E-state index in [1.165, 1.54) is 5.56 Å². The second-order valence-electron chi connectivity index (χ2n) is 5.39. The van der Waals surface area contributed by atoms with Gasteiger partial charge in [-0.1, -0.05) is 19.1 Å². The molecule has 1 aromatic rings. The van der Waals surface area contributed by atoms with Gasteiger partial charge in [0.1, 0.15) is 5.75 Å². The molecule has 4 nitrogen and oxygen atoms in total. The Balaban J connectivity index is 1.86. The van der Waals surface area contributed by atoms with Gasteiger partial charge < -0.3 is 15.4 Å². The van der Waals surface area contributed by atoms with Crippen LogP contribution in [0, 0.1) is 5.92 Å². The first kappa shape index (κ1) is 14.9. The highest BCUT2D eigenvalue weighted by atomic mass is 16.5. The van der Waals surface area contributed by atoms with Crippen molar-refractivity contribution in [3.05, 3.63) is 29.8 Å². The molecule has 0 saturated carbocycles. The molecule has 110 valence electrons. The van der Waals surface area contributed by atoms with Gasteiger partial charge in [-0.3, -0.25) is 4.79 Å². The highest BCUT2D eigenvalue weighted by Crippen LogP contribution is 2.18. The standard InChI is InChI=1S/C16H24N2O2/c1-2-8-20-15-5-3-4-13(9-15)6-7-18-12-14(11-17)10-16(18)19/h3-5,9,14H,2,6-8,10-12,17H2,1H3. The van der Waals surface area contributed by atoms with Crippen LogP contribution >= 0.6 is 0 Å². The van der Waals surface area contributed by atoms with Crippen LogP contribution in [0.4, 0.5) is 0 Å². The van der Waals surface area contributed by atoms with Gasteiger partial charge in [-0.05, 0) is 43.0 Å². The van der Waals surface area contributed by atoms with Crippen LogP contribution < -0.4 is 10.5 Å². The second kappa shape index (κ2) is 7.29. The van der Waals surface area contributed by atoms with Gasteiger partial charge in [-0.25, -0.2) is 0 Å². The van der Waals surface area contributed by atoms with Crippen LogP contribution in [0.15, 0.2) is 24.3 Å². The lowest BCUT2D eigenvalue weighted by atomic mass is 10.1. The van der Waals surface area contributed by atoms with E-state index in [1.54, 1.807) is 0 Å². The molecule has 1 atom stereocenters. The lowest BCUT2D eigenvalue weighted by molar-refractivity contribution is -0.127. The summed E-state index contributed by atoms with van der Waals surface area (Å²) in [4.78, 5) is 13.7. The number of carbonyl (C=O) groups is 1. The summed E-state index contributed by atoms with van der Waals surface area (Å²) in [5.41, 5.74) is 6.85. The molecular weight excluding hydrogens is 252 g/mol. The van der Waals surface area contributed by atoms with E-state index in [9.17, 15) is 4.79 Å². The molecule has 2 rings (SSSR count). The fraction of sp³-hybridized carbons (Fsp3) is 0.562. The predicted octanol–water partition coefficient (Wildman–Crippen LogP) is 1.83. The Hall–Kier alpha value is -1.55. The van der Waals surface area contributed by atoms with Gasteiger partial charge in [-0.2, -0.15) is 0 Å². The lowest BCUT2D eigenvalue weighted by Gasteiger charge is -2.16. The minimum atomic E-state index is 0.235. The number of rotatable bonds is 7. The molecule has 0 aliphatic carbocycles. The van der Waals surface area contributed by atoms with Crippen LogP contribution in [-0.4, -0.2) is 37.0 Å². The number of benzene rings is 1. The zero-order valence-corrected chi connectivity index (χ0v) is 12.2. The van der Waals surface area contributed by atoms with Gasteiger partial charge in [0.25, 0.3) is 0 Å². The maximum atomic E-state index is 11.8. The molecule has 2 N–H and O–H groups in total. The van der Waals surface area contributed by atoms with Crippen LogP contribution in [0.1, 0.15) is 25.3 Å². The molecule has 0 radical (unpaired) electrons. The number of nitrogens with zero attached hydrogens (tertiary/aromatic N) is 1. The van der Waals surface area contributed by atoms with Crippen LogP contribution in [0.2, 0.25) is 0 Å². The van der Waals surface area contributed by atoms with Crippen molar-refractivity contribution in [2.45, 2.75) is 26.2 Å². The fourth-order valence-corrected chi connectivity index (χ4v) is 2.50. The summed E-state index contributed by atoms with van der Waals surface area (Å²) >= 11 is 0. The van der Waals surface area contributed by atoms with Crippen molar-refractivity contribution in [3.8, 4) is 5.75 Å². The summed E-state index contributed by atoms with van der Waals surface area (Å²) < 4.78 is 5.63. The Morgan fingerprint density at radius 1 is 1.45 bits per heavy atom. The summed E-state index contributed by atoms with van der Waals surface area (Å²) in [5, 5.41) is 0. The van der Waals surface area contributed by atoms with E-state index in [-0.39, 0.29) is 5.91 Å². The van der Waals surface area contributed by atoms with Crippen molar-refractivity contribution in [2.75, 3.05) is 26.2 Å². The number of ether oxygens (including phenoxy) is 1. The number of hydrogen-bond acceptors (Lipinski definition) is 3. The topological polar surface area (TPSA) is 55.6 Å². The maximum Gasteiger partial charge on any atom is 0.222 e. The van der Waals surface area contributed by atoms with Gasteiger partial charge in [0.05, 0.1) is 6.61 Å². The average Bonchev–Trinajstić information content (AvgIpc) is 2.84. The lowest BCUT2D eigenvalue weighted by Crippen LogP contribution is -2.28. The smallest absolute Gasteiger partial charge is 0.222 e. The minimum absolute atomic E-state index is 0.235. The second-order valence-corrected chi connectivity index (χ2v) is 5.39. The van der Waals surface area contributed by atoms with Crippen LogP contribution in [0.25, 0.3) is 0 Å². The molecule has 1 unspecified atom stereocenters. The first-order valence-electron chi connectivity index (χ1n) is 7.42. The van der Waals surface area contributed by atoms with Crippen LogP contribution in [0.3, 0.4) is 0 Å². The van der Waals surface area contributed by atoms with E-state index in [0.717, 1.165) is 38.3 Å². The van der Waals surface area contributed by atoms with Crippen molar-refractivity contribution in [1.29, 1.82) is 0 Å². The Labute approximate surface area is 120 Å². The van der Waals surface area contributed by atoms with Gasteiger partial charge in [0, 0.05) is 19.5 Å². The largest absolute Gasteiger partial charge is 0.494 e. The summed E-state index contributed by atoms with van der Waals surface area (Å²) in [7, 11) is 0. The number of carbonyl (C=O) groups excluding carboxylic acids is 1. The molecule has 0 spiro atoms. The van der Waals surface area contributed by atoms with Crippen molar-refractivity contribution in [1.82, 2.24) is 4.90 Å². The molecule has 1 aromatic carbocycles. The Morgan fingerprint density at radius 3 is 3.00 bits per heavy atom. The minimum Gasteiger partial charge on any atom is -0.494 e. The average molecular weight is 276 g/mol. The number of amides is 1. The van der Waals surface area contributed by atoms with E-state index in [2.05, 4.69) is 19.1 Å². The Kier molecular flexibility index (Phi) is 5.41. The molecule has 1 amide bonds. The third-order valence-electron chi connectivity index (χ3n) is 3.67. The Morgan fingerprint density at radius 2 is 2.30 bits per heavy atom. The molecule has 20 heavy (non-hydrogen) atoms. The summed E-state index contributed by atoms with van der Waals surface area (Å²) in [6, 6.07) is 8.13. The normalized spacial score (nSPS) is 18.6. The predicted molar refractivity (Wildman–Crippen MR) is 79.7 cm³/mol. The van der Waals surface area contributed by atoms with Gasteiger partial charge >= 0.3 is 0 Å². The quantitative estimate of drug-likeness (QED) is 0.826. The number of hydrogen-bond donors (Lipinski definition) is 1. The molecular formula is C16H24N2O2. The number of nitrogens with two attached hydrogens (primary N) is 1. The first-order valence-corrected chi connectivity index (χ1v) is 7.42. The molecule has 1 aliphatic heterocycles. The summed E-state index contributed by atoms with van der Waals surface area (Å²) in [5.74, 6) is 1.48. The van der Waals surface area contributed by atoms with Gasteiger partial charge in [0.2, 0.25) is 5.91 Å². The molecule has 0 bridgehead atoms. The van der Waals surface area contributed by atoms with Gasteiger partial charge in [-0.15, -0.1) is 0 Å². The molecule has 1 heterocycles.